The highest BCUT2D eigenvalue weighted by molar-refractivity contribution is 14.1. The van der Waals surface area contributed by atoms with Crippen LogP contribution < -0.4 is 10.2 Å². The standard InChI is InChI=1S/C14H21IN2/c1-2-8-16-10-12-7-9-17(11-12)14-6-4-3-5-13(14)15/h3-6,12,16H,2,7-11H2,1H3. The Kier molecular flexibility index (Phi) is 5.10. The first kappa shape index (κ1) is 13.1. The van der Waals surface area contributed by atoms with Crippen LogP contribution in [0.4, 0.5) is 5.69 Å². The topological polar surface area (TPSA) is 15.3 Å². The molecule has 0 aromatic heterocycles. The molecule has 1 aromatic carbocycles. The van der Waals surface area contributed by atoms with Crippen molar-refractivity contribution in [1.29, 1.82) is 0 Å². The number of anilines is 1. The van der Waals surface area contributed by atoms with Gasteiger partial charge in [-0.2, -0.15) is 0 Å². The second kappa shape index (κ2) is 6.59. The highest BCUT2D eigenvalue weighted by Gasteiger charge is 2.23. The summed E-state index contributed by atoms with van der Waals surface area (Å²) in [6, 6.07) is 8.68. The highest BCUT2D eigenvalue weighted by Crippen LogP contribution is 2.27. The number of benzene rings is 1. The summed E-state index contributed by atoms with van der Waals surface area (Å²) in [5.74, 6) is 0.817. The molecule has 0 saturated carbocycles. The van der Waals surface area contributed by atoms with Crippen molar-refractivity contribution < 1.29 is 0 Å². The number of nitrogens with zero attached hydrogens (tertiary/aromatic N) is 1. The third-order valence-electron chi connectivity index (χ3n) is 3.34. The number of rotatable bonds is 5. The molecule has 94 valence electrons. The normalized spacial score (nSPS) is 19.9. The zero-order chi connectivity index (χ0) is 12.1. The number of nitrogens with one attached hydrogen (secondary N) is 1. The zero-order valence-corrected chi connectivity index (χ0v) is 12.6. The molecule has 0 bridgehead atoms. The molecule has 0 amide bonds. The SMILES string of the molecule is CCCNCC1CCN(c2ccccc2I)C1. The highest BCUT2D eigenvalue weighted by atomic mass is 127. The summed E-state index contributed by atoms with van der Waals surface area (Å²) < 4.78 is 1.37. The van der Waals surface area contributed by atoms with E-state index >= 15 is 0 Å². The fourth-order valence-electron chi connectivity index (χ4n) is 2.41. The maximum absolute atomic E-state index is 3.54. The molecule has 2 rings (SSSR count). The van der Waals surface area contributed by atoms with Crippen LogP contribution in [0.1, 0.15) is 19.8 Å². The zero-order valence-electron chi connectivity index (χ0n) is 10.5. The van der Waals surface area contributed by atoms with Crippen LogP contribution in [0.3, 0.4) is 0 Å². The van der Waals surface area contributed by atoms with Crippen molar-refractivity contribution in [2.45, 2.75) is 19.8 Å². The van der Waals surface area contributed by atoms with Crippen molar-refractivity contribution >= 4 is 28.3 Å². The summed E-state index contributed by atoms with van der Waals surface area (Å²) in [7, 11) is 0. The molecule has 2 nitrogen and oxygen atoms in total. The molecule has 1 aliphatic heterocycles. The third-order valence-corrected chi connectivity index (χ3v) is 4.25. The van der Waals surface area contributed by atoms with Gasteiger partial charge in [-0.05, 0) is 66.6 Å². The Morgan fingerprint density at radius 3 is 3.00 bits per heavy atom. The molecule has 1 N–H and O–H groups in total. The summed E-state index contributed by atoms with van der Waals surface area (Å²) in [6.07, 6.45) is 2.55. The molecule has 1 aliphatic rings. The largest absolute Gasteiger partial charge is 0.370 e. The Labute approximate surface area is 118 Å². The van der Waals surface area contributed by atoms with Crippen LogP contribution >= 0.6 is 22.6 Å². The van der Waals surface area contributed by atoms with E-state index in [0.717, 1.165) is 12.5 Å². The van der Waals surface area contributed by atoms with Gasteiger partial charge in [0, 0.05) is 16.7 Å². The summed E-state index contributed by atoms with van der Waals surface area (Å²) >= 11 is 2.43. The third kappa shape index (κ3) is 3.58. The molecule has 0 radical (unpaired) electrons. The second-order valence-electron chi connectivity index (χ2n) is 4.76. The Morgan fingerprint density at radius 2 is 2.24 bits per heavy atom. The lowest BCUT2D eigenvalue weighted by molar-refractivity contribution is 0.516. The number of halogens is 1. The van der Waals surface area contributed by atoms with Gasteiger partial charge in [-0.25, -0.2) is 0 Å². The van der Waals surface area contributed by atoms with Crippen molar-refractivity contribution in [3.63, 3.8) is 0 Å². The van der Waals surface area contributed by atoms with Crippen LogP contribution in [-0.4, -0.2) is 26.2 Å². The Bertz CT molecular complexity index is 354. The molecule has 1 unspecified atom stereocenters. The molecule has 17 heavy (non-hydrogen) atoms. The van der Waals surface area contributed by atoms with Gasteiger partial charge in [0.25, 0.3) is 0 Å². The Hall–Kier alpha value is -0.290. The lowest BCUT2D eigenvalue weighted by Crippen LogP contribution is -2.27. The summed E-state index contributed by atoms with van der Waals surface area (Å²) in [4.78, 5) is 2.53. The van der Waals surface area contributed by atoms with Gasteiger partial charge < -0.3 is 10.2 Å². The Morgan fingerprint density at radius 1 is 1.41 bits per heavy atom. The van der Waals surface area contributed by atoms with Crippen LogP contribution in [0.2, 0.25) is 0 Å². The van der Waals surface area contributed by atoms with Gasteiger partial charge in [0.05, 0.1) is 5.69 Å². The minimum absolute atomic E-state index is 0.817. The van der Waals surface area contributed by atoms with Crippen molar-refractivity contribution in [3.8, 4) is 0 Å². The average Bonchev–Trinajstić information content (AvgIpc) is 2.79. The molecule has 0 aliphatic carbocycles. The first-order chi connectivity index (χ1) is 8.31. The van der Waals surface area contributed by atoms with Gasteiger partial charge in [0.15, 0.2) is 0 Å². The van der Waals surface area contributed by atoms with E-state index in [4.69, 9.17) is 0 Å². The van der Waals surface area contributed by atoms with E-state index in [1.807, 2.05) is 0 Å². The fraction of sp³-hybridized carbons (Fsp3) is 0.571. The second-order valence-corrected chi connectivity index (χ2v) is 5.92. The molecule has 1 atom stereocenters. The van der Waals surface area contributed by atoms with E-state index in [1.54, 1.807) is 0 Å². The minimum Gasteiger partial charge on any atom is -0.370 e. The summed E-state index contributed by atoms with van der Waals surface area (Å²) in [5.41, 5.74) is 1.41. The van der Waals surface area contributed by atoms with Crippen LogP contribution in [0.25, 0.3) is 0 Å². The van der Waals surface area contributed by atoms with Gasteiger partial charge in [0.2, 0.25) is 0 Å². The Balaban J connectivity index is 1.87. The van der Waals surface area contributed by atoms with Crippen molar-refractivity contribution in [3.05, 3.63) is 27.8 Å². The molecule has 1 saturated heterocycles. The minimum atomic E-state index is 0.817. The van der Waals surface area contributed by atoms with E-state index in [0.29, 0.717) is 0 Å². The molecule has 0 spiro atoms. The summed E-state index contributed by atoms with van der Waals surface area (Å²) in [5, 5.41) is 3.54. The molecular weight excluding hydrogens is 323 g/mol. The van der Waals surface area contributed by atoms with Gasteiger partial charge in [-0.3, -0.25) is 0 Å². The quantitative estimate of drug-likeness (QED) is 0.652. The van der Waals surface area contributed by atoms with Crippen LogP contribution in [0, 0.1) is 9.49 Å². The van der Waals surface area contributed by atoms with Crippen molar-refractivity contribution in [2.75, 3.05) is 31.1 Å². The van der Waals surface area contributed by atoms with Crippen LogP contribution in [0.15, 0.2) is 24.3 Å². The maximum atomic E-state index is 3.54. The van der Waals surface area contributed by atoms with Gasteiger partial charge in [-0.15, -0.1) is 0 Å². The van der Waals surface area contributed by atoms with Gasteiger partial charge in [0.1, 0.15) is 0 Å². The first-order valence-electron chi connectivity index (χ1n) is 6.51. The summed E-state index contributed by atoms with van der Waals surface area (Å²) in [6.45, 7) is 6.96. The predicted octanol–water partition coefficient (Wildman–Crippen LogP) is 3.12. The maximum Gasteiger partial charge on any atom is 0.0501 e. The fourth-order valence-corrected chi connectivity index (χ4v) is 3.14. The van der Waals surface area contributed by atoms with E-state index in [-0.39, 0.29) is 0 Å². The molecule has 3 heteroatoms. The van der Waals surface area contributed by atoms with Gasteiger partial charge in [-0.1, -0.05) is 19.1 Å². The molecule has 1 aromatic rings. The number of hydrogen-bond donors (Lipinski definition) is 1. The van der Waals surface area contributed by atoms with Gasteiger partial charge >= 0.3 is 0 Å². The molecule has 1 fully saturated rings. The van der Waals surface area contributed by atoms with Crippen molar-refractivity contribution in [1.82, 2.24) is 5.32 Å². The first-order valence-corrected chi connectivity index (χ1v) is 7.59. The van der Waals surface area contributed by atoms with E-state index in [9.17, 15) is 0 Å². The van der Waals surface area contributed by atoms with E-state index in [2.05, 4.69) is 64.0 Å². The number of para-hydroxylation sites is 1. The predicted molar refractivity (Wildman–Crippen MR) is 82.6 cm³/mol. The van der Waals surface area contributed by atoms with E-state index < -0.39 is 0 Å². The average molecular weight is 344 g/mol. The van der Waals surface area contributed by atoms with Crippen molar-refractivity contribution in [2.24, 2.45) is 5.92 Å². The van der Waals surface area contributed by atoms with Crippen LogP contribution in [0.5, 0.6) is 0 Å². The lowest BCUT2D eigenvalue weighted by atomic mass is 10.1. The molecular formula is C14H21IN2. The lowest BCUT2D eigenvalue weighted by Gasteiger charge is -2.20. The van der Waals surface area contributed by atoms with E-state index in [1.165, 1.54) is 41.7 Å². The monoisotopic (exact) mass is 344 g/mol. The number of hydrogen-bond acceptors (Lipinski definition) is 2. The smallest absolute Gasteiger partial charge is 0.0501 e. The van der Waals surface area contributed by atoms with Crippen LogP contribution in [-0.2, 0) is 0 Å². The molecule has 1 heterocycles.